The van der Waals surface area contributed by atoms with Gasteiger partial charge in [0.25, 0.3) is 0 Å². The SMILES string of the molecule is COc1cc(Nc2cnnc(Nc3ccc(F)cc3)n2)c(OC)cc1Cl. The number of halogens is 2. The summed E-state index contributed by atoms with van der Waals surface area (Å²) in [5.41, 5.74) is 1.23. The van der Waals surface area contributed by atoms with E-state index < -0.39 is 0 Å². The summed E-state index contributed by atoms with van der Waals surface area (Å²) in [7, 11) is 3.05. The minimum atomic E-state index is -0.325. The topological polar surface area (TPSA) is 81.2 Å². The van der Waals surface area contributed by atoms with Crippen LogP contribution in [0.25, 0.3) is 0 Å². The Kier molecular flexibility index (Phi) is 5.33. The normalized spacial score (nSPS) is 10.3. The van der Waals surface area contributed by atoms with E-state index in [1.807, 2.05) is 0 Å². The molecule has 1 heterocycles. The van der Waals surface area contributed by atoms with Gasteiger partial charge in [0.2, 0.25) is 5.95 Å². The van der Waals surface area contributed by atoms with Crippen LogP contribution in [0.1, 0.15) is 0 Å². The first kappa shape index (κ1) is 17.7. The minimum Gasteiger partial charge on any atom is -0.495 e. The van der Waals surface area contributed by atoms with Gasteiger partial charge in [-0.25, -0.2) is 4.39 Å². The Morgan fingerprint density at radius 1 is 1.00 bits per heavy atom. The Morgan fingerprint density at radius 2 is 1.73 bits per heavy atom. The molecule has 2 N–H and O–H groups in total. The lowest BCUT2D eigenvalue weighted by atomic mass is 10.2. The zero-order valence-corrected chi connectivity index (χ0v) is 14.7. The molecular formula is C17H15ClFN5O2. The van der Waals surface area contributed by atoms with Gasteiger partial charge in [-0.05, 0) is 24.3 Å². The summed E-state index contributed by atoms with van der Waals surface area (Å²) in [6, 6.07) is 9.15. The van der Waals surface area contributed by atoms with E-state index in [9.17, 15) is 4.39 Å². The standard InChI is InChI=1S/C17H15ClFN5O2/c1-25-14-8-13(15(26-2)7-12(14)18)22-16-9-20-24-17(23-16)21-11-5-3-10(19)4-6-11/h3-9H,1-2H3,(H2,21,22,23,24). The molecule has 0 aliphatic rings. The average molecular weight is 376 g/mol. The van der Waals surface area contributed by atoms with Crippen LogP contribution in [-0.2, 0) is 0 Å². The molecule has 1 aromatic heterocycles. The number of anilines is 4. The second kappa shape index (κ2) is 7.83. The second-order valence-electron chi connectivity index (χ2n) is 5.11. The van der Waals surface area contributed by atoms with E-state index in [-0.39, 0.29) is 11.8 Å². The first-order valence-electron chi connectivity index (χ1n) is 7.50. The van der Waals surface area contributed by atoms with Crippen molar-refractivity contribution in [1.29, 1.82) is 0 Å². The third kappa shape index (κ3) is 4.09. The highest BCUT2D eigenvalue weighted by Crippen LogP contribution is 2.37. The van der Waals surface area contributed by atoms with Crippen molar-refractivity contribution in [1.82, 2.24) is 15.2 Å². The van der Waals surface area contributed by atoms with Crippen LogP contribution in [0.5, 0.6) is 11.5 Å². The van der Waals surface area contributed by atoms with Gasteiger partial charge in [0, 0.05) is 17.8 Å². The van der Waals surface area contributed by atoms with Gasteiger partial charge in [-0.2, -0.15) is 10.1 Å². The Bertz CT molecular complexity index is 908. The van der Waals surface area contributed by atoms with Crippen molar-refractivity contribution in [2.45, 2.75) is 0 Å². The van der Waals surface area contributed by atoms with Crippen LogP contribution >= 0.6 is 11.6 Å². The number of aromatic nitrogens is 3. The van der Waals surface area contributed by atoms with Crippen molar-refractivity contribution >= 4 is 34.7 Å². The monoisotopic (exact) mass is 375 g/mol. The van der Waals surface area contributed by atoms with E-state index in [0.717, 1.165) is 0 Å². The van der Waals surface area contributed by atoms with Crippen LogP contribution in [0.3, 0.4) is 0 Å². The number of hydrogen-bond donors (Lipinski definition) is 2. The third-order valence-corrected chi connectivity index (χ3v) is 3.69. The number of nitrogens with zero attached hydrogens (tertiary/aromatic N) is 3. The summed E-state index contributed by atoms with van der Waals surface area (Å²) >= 11 is 6.10. The first-order valence-corrected chi connectivity index (χ1v) is 7.87. The molecular weight excluding hydrogens is 361 g/mol. The molecule has 0 saturated heterocycles. The fourth-order valence-electron chi connectivity index (χ4n) is 2.18. The summed E-state index contributed by atoms with van der Waals surface area (Å²) < 4.78 is 23.5. The molecule has 0 atom stereocenters. The van der Waals surface area contributed by atoms with Crippen molar-refractivity contribution in [2.75, 3.05) is 24.9 Å². The number of hydrogen-bond acceptors (Lipinski definition) is 7. The van der Waals surface area contributed by atoms with Crippen molar-refractivity contribution in [3.8, 4) is 11.5 Å². The fraction of sp³-hybridized carbons (Fsp3) is 0.118. The lowest BCUT2D eigenvalue weighted by Crippen LogP contribution is -2.03. The van der Waals surface area contributed by atoms with Gasteiger partial charge in [-0.15, -0.1) is 5.10 Å². The zero-order chi connectivity index (χ0) is 18.5. The highest BCUT2D eigenvalue weighted by molar-refractivity contribution is 6.32. The molecule has 3 aromatic rings. The molecule has 0 aliphatic carbocycles. The molecule has 3 rings (SSSR count). The van der Waals surface area contributed by atoms with E-state index in [1.54, 1.807) is 24.3 Å². The minimum absolute atomic E-state index is 0.251. The predicted molar refractivity (Wildman–Crippen MR) is 97.3 cm³/mol. The lowest BCUT2D eigenvalue weighted by Gasteiger charge is -2.13. The fourth-order valence-corrected chi connectivity index (χ4v) is 2.41. The maximum absolute atomic E-state index is 13.0. The molecule has 134 valence electrons. The average Bonchev–Trinajstić information content (AvgIpc) is 2.65. The second-order valence-corrected chi connectivity index (χ2v) is 5.52. The van der Waals surface area contributed by atoms with E-state index in [2.05, 4.69) is 25.8 Å². The highest BCUT2D eigenvalue weighted by atomic mass is 35.5. The van der Waals surface area contributed by atoms with Crippen molar-refractivity contribution in [3.05, 3.63) is 53.4 Å². The molecule has 2 aromatic carbocycles. The van der Waals surface area contributed by atoms with E-state index in [1.165, 1.54) is 32.5 Å². The van der Waals surface area contributed by atoms with Gasteiger partial charge in [0.1, 0.15) is 17.3 Å². The van der Waals surface area contributed by atoms with Crippen molar-refractivity contribution in [3.63, 3.8) is 0 Å². The molecule has 0 fully saturated rings. The molecule has 7 nitrogen and oxygen atoms in total. The maximum atomic E-state index is 13.0. The molecule has 26 heavy (non-hydrogen) atoms. The molecule has 0 unspecified atom stereocenters. The predicted octanol–water partition coefficient (Wildman–Crippen LogP) is 4.17. The zero-order valence-electron chi connectivity index (χ0n) is 14.0. The molecule has 0 amide bonds. The Labute approximate surface area is 154 Å². The number of nitrogens with one attached hydrogen (secondary N) is 2. The van der Waals surface area contributed by atoms with E-state index in [0.29, 0.717) is 33.7 Å². The van der Waals surface area contributed by atoms with Crippen LogP contribution in [-0.4, -0.2) is 29.4 Å². The number of benzene rings is 2. The largest absolute Gasteiger partial charge is 0.495 e. The van der Waals surface area contributed by atoms with E-state index in [4.69, 9.17) is 21.1 Å². The quantitative estimate of drug-likeness (QED) is 0.669. The number of rotatable bonds is 6. The Balaban J connectivity index is 1.83. The summed E-state index contributed by atoms with van der Waals surface area (Å²) in [5, 5.41) is 14.3. The van der Waals surface area contributed by atoms with Crippen LogP contribution in [0.4, 0.5) is 27.5 Å². The van der Waals surface area contributed by atoms with Crippen LogP contribution in [0.15, 0.2) is 42.6 Å². The highest BCUT2D eigenvalue weighted by Gasteiger charge is 2.11. The van der Waals surface area contributed by atoms with Gasteiger partial charge in [-0.1, -0.05) is 11.6 Å². The number of ether oxygens (including phenoxy) is 2. The molecule has 0 spiro atoms. The van der Waals surface area contributed by atoms with Gasteiger partial charge in [0.05, 0.1) is 31.1 Å². The smallest absolute Gasteiger partial charge is 0.249 e. The van der Waals surface area contributed by atoms with E-state index >= 15 is 0 Å². The summed E-state index contributed by atoms with van der Waals surface area (Å²) in [5.74, 6) is 1.35. The number of methoxy groups -OCH3 is 2. The van der Waals surface area contributed by atoms with Crippen LogP contribution in [0, 0.1) is 5.82 Å². The lowest BCUT2D eigenvalue weighted by molar-refractivity contribution is 0.405. The summed E-state index contributed by atoms with van der Waals surface area (Å²) in [4.78, 5) is 4.32. The van der Waals surface area contributed by atoms with Gasteiger partial charge < -0.3 is 20.1 Å². The molecule has 0 aliphatic heterocycles. The van der Waals surface area contributed by atoms with Gasteiger partial charge in [0.15, 0.2) is 5.82 Å². The van der Waals surface area contributed by atoms with Gasteiger partial charge >= 0.3 is 0 Å². The summed E-state index contributed by atoms with van der Waals surface area (Å²) in [6.07, 6.45) is 1.45. The van der Waals surface area contributed by atoms with Crippen LogP contribution < -0.4 is 20.1 Å². The molecule has 0 radical (unpaired) electrons. The third-order valence-electron chi connectivity index (χ3n) is 3.40. The first-order chi connectivity index (χ1) is 12.6. The van der Waals surface area contributed by atoms with Crippen LogP contribution in [0.2, 0.25) is 5.02 Å². The summed E-state index contributed by atoms with van der Waals surface area (Å²) in [6.45, 7) is 0. The van der Waals surface area contributed by atoms with Gasteiger partial charge in [-0.3, -0.25) is 0 Å². The molecule has 0 bridgehead atoms. The maximum Gasteiger partial charge on any atom is 0.249 e. The Morgan fingerprint density at radius 3 is 2.42 bits per heavy atom. The molecule has 0 saturated carbocycles. The molecule has 9 heteroatoms. The van der Waals surface area contributed by atoms with Crippen molar-refractivity contribution in [2.24, 2.45) is 0 Å². The van der Waals surface area contributed by atoms with Crippen molar-refractivity contribution < 1.29 is 13.9 Å². The Hall–Kier alpha value is -3.13.